The molecule has 0 aromatic heterocycles. The molecule has 0 saturated heterocycles. The number of Topliss-reactive ketones (excluding diaryl/α,β-unsaturated/α-hetero) is 1. The lowest BCUT2D eigenvalue weighted by Gasteiger charge is -2.03. The molecule has 0 spiro atoms. The van der Waals surface area contributed by atoms with Crippen molar-refractivity contribution in [2.24, 2.45) is 0 Å². The zero-order valence-electron chi connectivity index (χ0n) is 9.23. The maximum Gasteiger partial charge on any atom is 0.375 e. The van der Waals surface area contributed by atoms with Gasteiger partial charge in [-0.05, 0) is 12.5 Å². The van der Waals surface area contributed by atoms with E-state index in [2.05, 4.69) is 6.58 Å². The summed E-state index contributed by atoms with van der Waals surface area (Å²) in [6, 6.07) is 9.22. The first-order valence-electron chi connectivity index (χ1n) is 4.98. The normalized spacial score (nSPS) is 9.56. The second-order valence-corrected chi connectivity index (χ2v) is 3.62. The average molecular weight is 218 g/mol. The highest BCUT2D eigenvalue weighted by Crippen LogP contribution is 2.03. The zero-order valence-corrected chi connectivity index (χ0v) is 9.23. The molecule has 1 aromatic carbocycles. The summed E-state index contributed by atoms with van der Waals surface area (Å²) >= 11 is 0. The van der Waals surface area contributed by atoms with Gasteiger partial charge in [-0.3, -0.25) is 4.79 Å². The number of esters is 1. The van der Waals surface area contributed by atoms with Crippen LogP contribution in [0.25, 0.3) is 0 Å². The molecule has 0 heterocycles. The van der Waals surface area contributed by atoms with Crippen molar-refractivity contribution in [2.45, 2.75) is 20.0 Å². The Morgan fingerprint density at radius 1 is 1.25 bits per heavy atom. The van der Waals surface area contributed by atoms with E-state index in [1.807, 2.05) is 30.3 Å². The monoisotopic (exact) mass is 218 g/mol. The van der Waals surface area contributed by atoms with Gasteiger partial charge in [-0.2, -0.15) is 0 Å². The van der Waals surface area contributed by atoms with Crippen molar-refractivity contribution in [1.82, 2.24) is 0 Å². The Balaban J connectivity index is 2.41. The molecule has 0 atom stereocenters. The Hall–Kier alpha value is -1.90. The molecule has 16 heavy (non-hydrogen) atoms. The molecule has 0 bridgehead atoms. The van der Waals surface area contributed by atoms with E-state index in [0.717, 1.165) is 5.56 Å². The van der Waals surface area contributed by atoms with Gasteiger partial charge in [0.25, 0.3) is 0 Å². The third-order valence-corrected chi connectivity index (χ3v) is 1.90. The van der Waals surface area contributed by atoms with Crippen LogP contribution in [0.4, 0.5) is 0 Å². The molecule has 84 valence electrons. The zero-order chi connectivity index (χ0) is 12.0. The first-order valence-corrected chi connectivity index (χ1v) is 4.98. The van der Waals surface area contributed by atoms with Crippen LogP contribution in [0.3, 0.4) is 0 Å². The number of ketones is 1. The Morgan fingerprint density at radius 2 is 1.88 bits per heavy atom. The maximum atomic E-state index is 11.2. The molecular weight excluding hydrogens is 204 g/mol. The highest BCUT2D eigenvalue weighted by atomic mass is 16.5. The maximum absolute atomic E-state index is 11.2. The molecule has 1 aromatic rings. The molecule has 3 nitrogen and oxygen atoms in total. The second kappa shape index (κ2) is 5.85. The molecular formula is C13H14O3. The van der Waals surface area contributed by atoms with Crippen molar-refractivity contribution < 1.29 is 14.3 Å². The molecule has 0 radical (unpaired) electrons. The van der Waals surface area contributed by atoms with E-state index >= 15 is 0 Å². The Bertz CT molecular complexity index is 393. The average Bonchev–Trinajstić information content (AvgIpc) is 2.26. The van der Waals surface area contributed by atoms with E-state index in [9.17, 15) is 9.59 Å². The van der Waals surface area contributed by atoms with E-state index in [1.165, 1.54) is 0 Å². The van der Waals surface area contributed by atoms with Gasteiger partial charge < -0.3 is 4.74 Å². The van der Waals surface area contributed by atoms with Crippen molar-refractivity contribution in [3.8, 4) is 0 Å². The number of rotatable bonds is 5. The minimum atomic E-state index is -0.799. The van der Waals surface area contributed by atoms with E-state index in [-0.39, 0.29) is 13.0 Å². The molecule has 1 rings (SSSR count). The van der Waals surface area contributed by atoms with E-state index in [1.54, 1.807) is 6.92 Å². The molecule has 0 aliphatic heterocycles. The predicted octanol–water partition coefficient (Wildman–Crippen LogP) is 2.27. The lowest BCUT2D eigenvalue weighted by Crippen LogP contribution is -2.17. The van der Waals surface area contributed by atoms with Crippen LogP contribution in [0.2, 0.25) is 0 Å². The van der Waals surface area contributed by atoms with Crippen LogP contribution in [-0.2, 0) is 20.9 Å². The Labute approximate surface area is 94.7 Å². The number of hydrogen-bond donors (Lipinski definition) is 0. The lowest BCUT2D eigenvalue weighted by molar-refractivity contribution is -0.154. The van der Waals surface area contributed by atoms with Crippen molar-refractivity contribution in [3.05, 3.63) is 48.0 Å². The Kier molecular flexibility index (Phi) is 4.45. The summed E-state index contributed by atoms with van der Waals surface area (Å²) in [4.78, 5) is 22.5. The quantitative estimate of drug-likeness (QED) is 0.432. The number of hydrogen-bond acceptors (Lipinski definition) is 3. The van der Waals surface area contributed by atoms with Crippen LogP contribution in [0, 0.1) is 0 Å². The topological polar surface area (TPSA) is 43.4 Å². The SMILES string of the molecule is C=C(C)CC(=O)C(=O)OCc1ccccc1. The van der Waals surface area contributed by atoms with E-state index in [4.69, 9.17) is 4.74 Å². The molecule has 0 saturated carbocycles. The molecule has 0 amide bonds. The highest BCUT2D eigenvalue weighted by Gasteiger charge is 2.14. The molecule has 0 aliphatic rings. The molecule has 0 N–H and O–H groups in total. The number of ether oxygens (including phenoxy) is 1. The van der Waals surface area contributed by atoms with Gasteiger partial charge in [-0.1, -0.05) is 42.5 Å². The van der Waals surface area contributed by atoms with Crippen molar-refractivity contribution in [3.63, 3.8) is 0 Å². The smallest absolute Gasteiger partial charge is 0.375 e. The largest absolute Gasteiger partial charge is 0.455 e. The molecule has 0 aliphatic carbocycles. The first-order chi connectivity index (χ1) is 7.59. The summed E-state index contributed by atoms with van der Waals surface area (Å²) in [6.45, 7) is 5.39. The molecule has 0 fully saturated rings. The summed E-state index contributed by atoms with van der Waals surface area (Å²) in [7, 11) is 0. The van der Waals surface area contributed by atoms with Gasteiger partial charge in [0.1, 0.15) is 6.61 Å². The van der Waals surface area contributed by atoms with Gasteiger partial charge in [-0.25, -0.2) is 4.79 Å². The minimum absolute atomic E-state index is 0.0492. The van der Waals surface area contributed by atoms with Gasteiger partial charge in [0.2, 0.25) is 5.78 Å². The summed E-state index contributed by atoms with van der Waals surface area (Å²) in [5.41, 5.74) is 1.51. The third-order valence-electron chi connectivity index (χ3n) is 1.90. The standard InChI is InChI=1S/C13H14O3/c1-10(2)8-12(14)13(15)16-9-11-6-4-3-5-7-11/h3-7H,1,8-9H2,2H3. The summed E-state index contributed by atoms with van der Waals surface area (Å²) in [5.74, 6) is -1.35. The highest BCUT2D eigenvalue weighted by molar-refractivity contribution is 6.34. The third kappa shape index (κ3) is 4.09. The van der Waals surface area contributed by atoms with Crippen LogP contribution >= 0.6 is 0 Å². The predicted molar refractivity (Wildman–Crippen MR) is 60.7 cm³/mol. The van der Waals surface area contributed by atoms with Gasteiger partial charge in [0, 0.05) is 6.42 Å². The van der Waals surface area contributed by atoms with Crippen LogP contribution in [-0.4, -0.2) is 11.8 Å². The fourth-order valence-electron chi connectivity index (χ4n) is 1.15. The number of carbonyl (C=O) groups excluding carboxylic acids is 2. The fraction of sp³-hybridized carbons (Fsp3) is 0.231. The van der Waals surface area contributed by atoms with Crippen LogP contribution in [0.1, 0.15) is 18.9 Å². The lowest BCUT2D eigenvalue weighted by atomic mass is 10.2. The van der Waals surface area contributed by atoms with Crippen molar-refractivity contribution >= 4 is 11.8 Å². The van der Waals surface area contributed by atoms with Gasteiger partial charge in [0.05, 0.1) is 0 Å². The van der Waals surface area contributed by atoms with Gasteiger partial charge >= 0.3 is 5.97 Å². The van der Waals surface area contributed by atoms with Crippen LogP contribution in [0.5, 0.6) is 0 Å². The summed E-state index contributed by atoms with van der Waals surface area (Å²) in [5, 5.41) is 0. The van der Waals surface area contributed by atoms with Crippen molar-refractivity contribution in [2.75, 3.05) is 0 Å². The molecule has 3 heteroatoms. The van der Waals surface area contributed by atoms with E-state index < -0.39 is 11.8 Å². The summed E-state index contributed by atoms with van der Waals surface area (Å²) < 4.78 is 4.86. The second-order valence-electron chi connectivity index (χ2n) is 3.62. The van der Waals surface area contributed by atoms with E-state index in [0.29, 0.717) is 5.57 Å². The van der Waals surface area contributed by atoms with Gasteiger partial charge in [-0.15, -0.1) is 0 Å². The molecule has 0 unspecified atom stereocenters. The fourth-order valence-corrected chi connectivity index (χ4v) is 1.15. The first kappa shape index (κ1) is 12.2. The van der Waals surface area contributed by atoms with Crippen molar-refractivity contribution in [1.29, 1.82) is 0 Å². The van der Waals surface area contributed by atoms with Crippen LogP contribution in [0.15, 0.2) is 42.5 Å². The minimum Gasteiger partial charge on any atom is -0.455 e. The number of carbonyl (C=O) groups is 2. The van der Waals surface area contributed by atoms with Crippen LogP contribution < -0.4 is 0 Å². The number of allylic oxidation sites excluding steroid dienone is 1. The summed E-state index contributed by atoms with van der Waals surface area (Å²) in [6.07, 6.45) is 0.0492. The Morgan fingerprint density at radius 3 is 2.44 bits per heavy atom. The number of benzene rings is 1. The van der Waals surface area contributed by atoms with Gasteiger partial charge in [0.15, 0.2) is 0 Å².